The van der Waals surface area contributed by atoms with Crippen molar-refractivity contribution >= 4 is 23.8 Å². The van der Waals surface area contributed by atoms with Crippen LogP contribution < -0.4 is 11.5 Å². The first-order valence-corrected chi connectivity index (χ1v) is 13.7. The number of halogens is 4. The summed E-state index contributed by atoms with van der Waals surface area (Å²) in [7, 11) is 0. The molecule has 0 radical (unpaired) electrons. The zero-order valence-electron chi connectivity index (χ0n) is 23.7. The van der Waals surface area contributed by atoms with E-state index in [4.69, 9.17) is 21.4 Å². The summed E-state index contributed by atoms with van der Waals surface area (Å²) in [5.41, 5.74) is 11.1. The van der Waals surface area contributed by atoms with Crippen LogP contribution in [0.1, 0.15) is 72.9 Å². The fraction of sp³-hybridized carbons (Fsp3) is 0.467. The van der Waals surface area contributed by atoms with Crippen molar-refractivity contribution in [1.82, 2.24) is 4.90 Å². The van der Waals surface area contributed by atoms with Gasteiger partial charge >= 0.3 is 18.1 Å². The summed E-state index contributed by atoms with van der Waals surface area (Å²) in [5, 5.41) is 16.6. The normalized spacial score (nSPS) is 26.2. The van der Waals surface area contributed by atoms with Crippen LogP contribution in [0.3, 0.4) is 0 Å². The predicted molar refractivity (Wildman–Crippen MR) is 147 cm³/mol. The van der Waals surface area contributed by atoms with E-state index < -0.39 is 52.8 Å². The molecule has 2 aliphatic rings. The standard InChI is InChI=1S/C28H34FN3O4.C2HF3O2/c1-16(30)17-11-13-19(14-12-17)25(33)32-15-22(20-9-6-10-21(24(20)29)26(34)35)23(28(32,2)27(31)36)18-7-4-3-5-8-18;3-2(4,5)1(6)7/h3-10,16-17,19,22-23H,11-15,30H2,1-2H3,(H2,31,36)(H,34,35);(H,6,7)/t16?,17-,19-,22?,23-,28+;/m1./s1. The Morgan fingerprint density at radius 3 is 2.00 bits per heavy atom. The third-order valence-corrected chi connectivity index (χ3v) is 8.64. The van der Waals surface area contributed by atoms with E-state index in [0.29, 0.717) is 18.8 Å². The summed E-state index contributed by atoms with van der Waals surface area (Å²) in [5.74, 6) is -7.06. The Morgan fingerprint density at radius 2 is 1.53 bits per heavy atom. The van der Waals surface area contributed by atoms with Gasteiger partial charge in [-0.15, -0.1) is 0 Å². The van der Waals surface area contributed by atoms with Gasteiger partial charge in [-0.05, 0) is 62.6 Å². The second kappa shape index (κ2) is 13.1. The van der Waals surface area contributed by atoms with E-state index >= 15 is 4.39 Å². The number of amides is 2. The summed E-state index contributed by atoms with van der Waals surface area (Å²) in [6.07, 6.45) is -2.09. The highest BCUT2D eigenvalue weighted by Crippen LogP contribution is 2.52. The number of hydrogen-bond donors (Lipinski definition) is 4. The number of carbonyl (C=O) groups excluding carboxylic acids is 2. The maximum absolute atomic E-state index is 15.5. The largest absolute Gasteiger partial charge is 0.490 e. The van der Waals surface area contributed by atoms with Crippen LogP contribution in [-0.4, -0.2) is 63.2 Å². The molecule has 43 heavy (non-hydrogen) atoms. The molecule has 4 atom stereocenters. The van der Waals surface area contributed by atoms with Gasteiger partial charge in [-0.3, -0.25) is 9.59 Å². The lowest BCUT2D eigenvalue weighted by Crippen LogP contribution is -2.58. The first-order valence-electron chi connectivity index (χ1n) is 13.7. The third-order valence-electron chi connectivity index (χ3n) is 8.64. The number of likely N-dealkylation sites (tertiary alicyclic amines) is 1. The van der Waals surface area contributed by atoms with Crippen molar-refractivity contribution < 1.29 is 47.0 Å². The molecule has 1 aliphatic heterocycles. The van der Waals surface area contributed by atoms with E-state index in [1.807, 2.05) is 37.3 Å². The van der Waals surface area contributed by atoms with Crippen molar-refractivity contribution in [2.45, 2.75) is 69.1 Å². The first-order chi connectivity index (χ1) is 20.0. The maximum atomic E-state index is 15.5. The molecule has 2 aromatic rings. The number of primary amides is 1. The van der Waals surface area contributed by atoms with Gasteiger partial charge in [-0.1, -0.05) is 42.5 Å². The number of nitrogens with two attached hydrogens (primary N) is 2. The zero-order valence-corrected chi connectivity index (χ0v) is 23.7. The van der Waals surface area contributed by atoms with E-state index in [0.717, 1.165) is 18.4 Å². The lowest BCUT2D eigenvalue weighted by Gasteiger charge is -2.40. The monoisotopic (exact) mass is 609 g/mol. The number of carbonyl (C=O) groups is 4. The van der Waals surface area contributed by atoms with Crippen LogP contribution in [0.4, 0.5) is 17.6 Å². The van der Waals surface area contributed by atoms with Crippen LogP contribution in [0.25, 0.3) is 0 Å². The van der Waals surface area contributed by atoms with Crippen molar-refractivity contribution in [3.05, 3.63) is 71.0 Å². The second-order valence-electron chi connectivity index (χ2n) is 11.2. The van der Waals surface area contributed by atoms with Gasteiger partial charge in [0.15, 0.2) is 0 Å². The summed E-state index contributed by atoms with van der Waals surface area (Å²) in [6, 6.07) is 13.4. The molecule has 1 saturated heterocycles. The summed E-state index contributed by atoms with van der Waals surface area (Å²) >= 11 is 0. The number of aromatic carboxylic acids is 1. The Balaban J connectivity index is 0.000000646. The molecule has 2 fully saturated rings. The number of carboxylic acid groups (broad SMARTS) is 2. The molecule has 0 spiro atoms. The van der Waals surface area contributed by atoms with Gasteiger partial charge < -0.3 is 26.6 Å². The molecular formula is C30H35F4N3O6. The predicted octanol–water partition coefficient (Wildman–Crippen LogP) is 4.26. The molecule has 0 bridgehead atoms. The highest BCUT2D eigenvalue weighted by Gasteiger charge is 2.58. The number of benzene rings is 2. The molecule has 2 amide bonds. The fourth-order valence-electron chi connectivity index (χ4n) is 6.27. The van der Waals surface area contributed by atoms with Crippen molar-refractivity contribution in [2.24, 2.45) is 23.3 Å². The van der Waals surface area contributed by atoms with Gasteiger partial charge in [-0.25, -0.2) is 14.0 Å². The Morgan fingerprint density at radius 1 is 0.977 bits per heavy atom. The van der Waals surface area contributed by atoms with E-state index in [1.54, 1.807) is 6.92 Å². The van der Waals surface area contributed by atoms with Gasteiger partial charge in [0.05, 0.1) is 5.56 Å². The number of carboxylic acids is 2. The van der Waals surface area contributed by atoms with Gasteiger partial charge in [0, 0.05) is 30.3 Å². The minimum atomic E-state index is -5.08. The van der Waals surface area contributed by atoms with Crippen molar-refractivity contribution in [1.29, 1.82) is 0 Å². The average molecular weight is 610 g/mol. The Bertz CT molecular complexity index is 1350. The van der Waals surface area contributed by atoms with E-state index in [1.165, 1.54) is 23.1 Å². The molecule has 6 N–H and O–H groups in total. The van der Waals surface area contributed by atoms with Gasteiger partial charge in [-0.2, -0.15) is 13.2 Å². The molecule has 1 saturated carbocycles. The number of rotatable bonds is 6. The quantitative estimate of drug-likeness (QED) is 0.356. The van der Waals surface area contributed by atoms with Crippen LogP contribution in [0.5, 0.6) is 0 Å². The third kappa shape index (κ3) is 6.98. The molecule has 234 valence electrons. The Labute approximate surface area is 245 Å². The highest BCUT2D eigenvalue weighted by molar-refractivity contribution is 5.93. The van der Waals surface area contributed by atoms with Crippen LogP contribution in [-0.2, 0) is 14.4 Å². The molecule has 4 rings (SSSR count). The molecule has 9 nitrogen and oxygen atoms in total. The van der Waals surface area contributed by atoms with Crippen LogP contribution in [0, 0.1) is 17.7 Å². The lowest BCUT2D eigenvalue weighted by molar-refractivity contribution is -0.192. The molecule has 2 aromatic carbocycles. The average Bonchev–Trinajstić information content (AvgIpc) is 3.27. The summed E-state index contributed by atoms with van der Waals surface area (Å²) < 4.78 is 47.2. The SMILES string of the molecule is CC(N)[C@H]1CC[C@H](C(=O)N2CC(c3cccc(C(=O)O)c3F)[C@@H](c3ccccc3)[C@@]2(C)C(N)=O)CC1.O=C(O)C(F)(F)F. The number of alkyl halides is 3. The van der Waals surface area contributed by atoms with E-state index in [9.17, 15) is 32.7 Å². The van der Waals surface area contributed by atoms with Crippen molar-refractivity contribution in [2.75, 3.05) is 6.54 Å². The van der Waals surface area contributed by atoms with Gasteiger partial charge in [0.2, 0.25) is 11.8 Å². The Hall–Kier alpha value is -4.00. The summed E-state index contributed by atoms with van der Waals surface area (Å²) in [4.78, 5) is 49.1. The molecule has 2 unspecified atom stereocenters. The molecule has 1 heterocycles. The minimum Gasteiger partial charge on any atom is -0.478 e. The molecule has 13 heteroatoms. The van der Waals surface area contributed by atoms with Crippen molar-refractivity contribution in [3.63, 3.8) is 0 Å². The minimum absolute atomic E-state index is 0.0556. The van der Waals surface area contributed by atoms with Crippen LogP contribution >= 0.6 is 0 Å². The molecular weight excluding hydrogens is 574 g/mol. The second-order valence-corrected chi connectivity index (χ2v) is 11.2. The smallest absolute Gasteiger partial charge is 0.478 e. The molecule has 0 aromatic heterocycles. The number of aliphatic carboxylic acids is 1. The zero-order chi connectivity index (χ0) is 32.3. The van der Waals surface area contributed by atoms with E-state index in [-0.39, 0.29) is 30.0 Å². The van der Waals surface area contributed by atoms with E-state index in [2.05, 4.69) is 0 Å². The topological polar surface area (TPSA) is 164 Å². The first kappa shape index (κ1) is 33.5. The molecule has 1 aliphatic carbocycles. The Kier molecular flexibility index (Phi) is 10.2. The van der Waals surface area contributed by atoms with Crippen molar-refractivity contribution in [3.8, 4) is 0 Å². The highest BCUT2D eigenvalue weighted by atomic mass is 19.4. The fourth-order valence-corrected chi connectivity index (χ4v) is 6.27. The lowest BCUT2D eigenvalue weighted by atomic mass is 9.73. The summed E-state index contributed by atoms with van der Waals surface area (Å²) in [6.45, 7) is 3.69. The number of hydrogen-bond acceptors (Lipinski definition) is 5. The van der Waals surface area contributed by atoms with Gasteiger partial charge in [0.25, 0.3) is 0 Å². The van der Waals surface area contributed by atoms with Crippen LogP contribution in [0.15, 0.2) is 48.5 Å². The maximum Gasteiger partial charge on any atom is 0.490 e. The number of nitrogens with zero attached hydrogens (tertiary/aromatic N) is 1. The van der Waals surface area contributed by atoms with Gasteiger partial charge in [0.1, 0.15) is 11.4 Å². The van der Waals surface area contributed by atoms with Crippen LogP contribution in [0.2, 0.25) is 0 Å².